The van der Waals surface area contributed by atoms with Gasteiger partial charge >= 0.3 is 6.18 Å². The predicted molar refractivity (Wildman–Crippen MR) is 65.4 cm³/mol. The van der Waals surface area contributed by atoms with Gasteiger partial charge in [0.25, 0.3) is 0 Å². The van der Waals surface area contributed by atoms with Crippen LogP contribution < -0.4 is 10.3 Å². The van der Waals surface area contributed by atoms with E-state index in [-0.39, 0.29) is 5.75 Å². The van der Waals surface area contributed by atoms with E-state index in [1.165, 1.54) is 12.1 Å². The third-order valence-electron chi connectivity index (χ3n) is 2.47. The van der Waals surface area contributed by atoms with Gasteiger partial charge in [0.1, 0.15) is 5.75 Å². The normalized spacial score (nSPS) is 11.3. The number of hydrogen-bond acceptors (Lipinski definition) is 2. The Kier molecular flexibility index (Phi) is 4.06. The summed E-state index contributed by atoms with van der Waals surface area (Å²) < 4.78 is 37.4. The first-order valence-corrected chi connectivity index (χ1v) is 5.66. The van der Waals surface area contributed by atoms with Crippen LogP contribution in [0.3, 0.4) is 0 Å². The highest BCUT2D eigenvalue weighted by molar-refractivity contribution is 5.30. The first-order chi connectivity index (χ1) is 9.05. The van der Waals surface area contributed by atoms with Gasteiger partial charge < -0.3 is 4.84 Å². The van der Waals surface area contributed by atoms with Crippen molar-refractivity contribution in [3.8, 4) is 5.75 Å². The molecule has 1 N–H and O–H groups in total. The maximum absolute atomic E-state index is 12.5. The van der Waals surface area contributed by atoms with E-state index in [0.717, 1.165) is 17.7 Å². The summed E-state index contributed by atoms with van der Waals surface area (Å²) in [5.74, 6) is 0.130. The second-order valence-corrected chi connectivity index (χ2v) is 3.93. The number of alkyl halides is 3. The van der Waals surface area contributed by atoms with E-state index < -0.39 is 11.7 Å². The van der Waals surface area contributed by atoms with Crippen molar-refractivity contribution in [3.63, 3.8) is 0 Å². The van der Waals surface area contributed by atoms with Crippen molar-refractivity contribution in [2.24, 2.45) is 0 Å². The van der Waals surface area contributed by atoms with Gasteiger partial charge in [-0.3, -0.25) is 0 Å². The topological polar surface area (TPSA) is 21.3 Å². The van der Waals surface area contributed by atoms with E-state index in [0.29, 0.717) is 6.54 Å². The molecule has 0 unspecified atom stereocenters. The van der Waals surface area contributed by atoms with E-state index >= 15 is 0 Å². The van der Waals surface area contributed by atoms with Crippen LogP contribution in [0.2, 0.25) is 0 Å². The van der Waals surface area contributed by atoms with Gasteiger partial charge in [0, 0.05) is 0 Å². The van der Waals surface area contributed by atoms with Gasteiger partial charge in [0.15, 0.2) is 0 Å². The first kappa shape index (κ1) is 13.4. The van der Waals surface area contributed by atoms with Crippen LogP contribution in [0, 0.1) is 0 Å². The number of rotatable bonds is 4. The third kappa shape index (κ3) is 3.99. The monoisotopic (exact) mass is 267 g/mol. The van der Waals surface area contributed by atoms with Gasteiger partial charge in [0.2, 0.25) is 0 Å². The van der Waals surface area contributed by atoms with Crippen LogP contribution in [0.5, 0.6) is 5.75 Å². The molecule has 2 aromatic carbocycles. The van der Waals surface area contributed by atoms with Crippen molar-refractivity contribution in [1.82, 2.24) is 5.48 Å². The molecule has 0 heterocycles. The average Bonchev–Trinajstić information content (AvgIpc) is 2.39. The molecule has 2 rings (SSSR count). The highest BCUT2D eigenvalue weighted by Crippen LogP contribution is 2.31. The van der Waals surface area contributed by atoms with Crippen molar-refractivity contribution in [2.45, 2.75) is 12.7 Å². The lowest BCUT2D eigenvalue weighted by Gasteiger charge is -2.10. The van der Waals surface area contributed by atoms with Gasteiger partial charge in [-0.2, -0.15) is 18.7 Å². The highest BCUT2D eigenvalue weighted by Gasteiger charge is 2.30. The van der Waals surface area contributed by atoms with Crippen LogP contribution >= 0.6 is 0 Å². The quantitative estimate of drug-likeness (QED) is 0.851. The van der Waals surface area contributed by atoms with Gasteiger partial charge in [-0.25, -0.2) is 0 Å². The fraction of sp³-hybridized carbons (Fsp3) is 0.143. The smallest absolute Gasteiger partial charge is 0.408 e. The fourth-order valence-electron chi connectivity index (χ4n) is 1.53. The Morgan fingerprint density at radius 1 is 0.947 bits per heavy atom. The maximum Gasteiger partial charge on any atom is 0.416 e. The Bertz CT molecular complexity index is 526. The highest BCUT2D eigenvalue weighted by atomic mass is 19.4. The van der Waals surface area contributed by atoms with Crippen LogP contribution in [0.4, 0.5) is 13.2 Å². The SMILES string of the molecule is FC(F)(F)c1cccc(ONCc2ccccc2)c1. The van der Waals surface area contributed by atoms with Crippen molar-refractivity contribution >= 4 is 0 Å². The Balaban J connectivity index is 1.93. The molecule has 19 heavy (non-hydrogen) atoms. The molecule has 0 aromatic heterocycles. The number of halogens is 3. The lowest BCUT2D eigenvalue weighted by Crippen LogP contribution is -2.18. The summed E-state index contributed by atoms with van der Waals surface area (Å²) in [4.78, 5) is 5.10. The number of hydroxylamine groups is 1. The third-order valence-corrected chi connectivity index (χ3v) is 2.47. The molecule has 0 aliphatic carbocycles. The predicted octanol–water partition coefficient (Wildman–Crippen LogP) is 3.79. The lowest BCUT2D eigenvalue weighted by molar-refractivity contribution is -0.137. The molecule has 0 radical (unpaired) electrons. The van der Waals surface area contributed by atoms with Gasteiger partial charge in [-0.1, -0.05) is 36.4 Å². The van der Waals surface area contributed by atoms with E-state index in [1.807, 2.05) is 30.3 Å². The first-order valence-electron chi connectivity index (χ1n) is 5.66. The summed E-state index contributed by atoms with van der Waals surface area (Å²) in [6.45, 7) is 0.414. The maximum atomic E-state index is 12.5. The second-order valence-electron chi connectivity index (χ2n) is 3.93. The average molecular weight is 267 g/mol. The summed E-state index contributed by atoms with van der Waals surface area (Å²) in [7, 11) is 0. The van der Waals surface area contributed by atoms with Crippen LogP contribution in [-0.2, 0) is 12.7 Å². The Hall–Kier alpha value is -2.01. The second kappa shape index (κ2) is 5.75. The minimum atomic E-state index is -4.36. The Morgan fingerprint density at radius 3 is 2.37 bits per heavy atom. The van der Waals surface area contributed by atoms with Crippen LogP contribution in [0.15, 0.2) is 54.6 Å². The van der Waals surface area contributed by atoms with Gasteiger partial charge in [-0.15, -0.1) is 0 Å². The van der Waals surface area contributed by atoms with Crippen LogP contribution in [0.1, 0.15) is 11.1 Å². The number of benzene rings is 2. The largest absolute Gasteiger partial charge is 0.416 e. The standard InChI is InChI=1S/C14H12F3NO/c15-14(16,17)12-7-4-8-13(9-12)19-18-10-11-5-2-1-3-6-11/h1-9,18H,10H2. The van der Waals surface area contributed by atoms with Crippen molar-refractivity contribution in [2.75, 3.05) is 0 Å². The summed E-state index contributed by atoms with van der Waals surface area (Å²) >= 11 is 0. The fourth-order valence-corrected chi connectivity index (χ4v) is 1.53. The Labute approximate surface area is 108 Å². The zero-order chi connectivity index (χ0) is 13.7. The van der Waals surface area contributed by atoms with E-state index in [1.54, 1.807) is 0 Å². The molecule has 0 bridgehead atoms. The number of nitrogens with one attached hydrogen (secondary N) is 1. The minimum absolute atomic E-state index is 0.130. The number of hydrogen-bond donors (Lipinski definition) is 1. The molecule has 0 saturated carbocycles. The van der Waals surface area contributed by atoms with Crippen molar-refractivity contribution in [1.29, 1.82) is 0 Å². The Morgan fingerprint density at radius 2 is 1.68 bits per heavy atom. The summed E-state index contributed by atoms with van der Waals surface area (Å²) in [6.07, 6.45) is -4.36. The van der Waals surface area contributed by atoms with E-state index in [9.17, 15) is 13.2 Å². The molecular weight excluding hydrogens is 255 g/mol. The van der Waals surface area contributed by atoms with Crippen molar-refractivity contribution < 1.29 is 18.0 Å². The molecule has 0 aliphatic heterocycles. The molecule has 0 aliphatic rings. The zero-order valence-corrected chi connectivity index (χ0v) is 9.95. The minimum Gasteiger partial charge on any atom is -0.408 e. The van der Waals surface area contributed by atoms with Crippen molar-refractivity contribution in [3.05, 3.63) is 65.7 Å². The molecule has 0 amide bonds. The molecule has 100 valence electrons. The molecule has 0 fully saturated rings. The van der Waals surface area contributed by atoms with Crippen LogP contribution in [0.25, 0.3) is 0 Å². The van der Waals surface area contributed by atoms with Crippen LogP contribution in [-0.4, -0.2) is 0 Å². The van der Waals surface area contributed by atoms with Gasteiger partial charge in [0.05, 0.1) is 12.1 Å². The van der Waals surface area contributed by atoms with Gasteiger partial charge in [-0.05, 0) is 23.8 Å². The molecule has 0 atom stereocenters. The summed E-state index contributed by atoms with van der Waals surface area (Å²) in [5, 5.41) is 0. The zero-order valence-electron chi connectivity index (χ0n) is 9.95. The summed E-state index contributed by atoms with van der Waals surface area (Å²) in [6, 6.07) is 14.2. The molecule has 0 saturated heterocycles. The molecule has 2 aromatic rings. The molecule has 0 spiro atoms. The lowest BCUT2D eigenvalue weighted by atomic mass is 10.2. The summed E-state index contributed by atoms with van der Waals surface area (Å²) in [5.41, 5.74) is 2.88. The molecular formula is C14H12F3NO. The van der Waals surface area contributed by atoms with E-state index in [4.69, 9.17) is 4.84 Å². The van der Waals surface area contributed by atoms with E-state index in [2.05, 4.69) is 5.48 Å². The molecule has 5 heteroatoms. The molecule has 2 nitrogen and oxygen atoms in total.